The first-order valence-electron chi connectivity index (χ1n) is 10.9. The van der Waals surface area contributed by atoms with E-state index in [1.165, 1.54) is 19.3 Å². The number of hydrogen-bond acceptors (Lipinski definition) is 10. The Morgan fingerprint density at radius 1 is 0.733 bits per heavy atom. The van der Waals surface area contributed by atoms with Crippen LogP contribution in [-0.2, 0) is 18.9 Å². The highest BCUT2D eigenvalue weighted by atomic mass is 16.7. The van der Waals surface area contributed by atoms with Crippen molar-refractivity contribution in [3.8, 4) is 0 Å². The molecule has 10 heteroatoms. The third-order valence-electron chi connectivity index (χ3n) is 5.59. The van der Waals surface area contributed by atoms with Crippen molar-refractivity contribution in [3.05, 3.63) is 0 Å². The molecule has 9 atom stereocenters. The predicted molar refractivity (Wildman–Crippen MR) is 104 cm³/mol. The lowest BCUT2D eigenvalue weighted by Crippen LogP contribution is -2.60. The molecule has 178 valence electrons. The second-order valence-corrected chi connectivity index (χ2v) is 8.08. The van der Waals surface area contributed by atoms with Gasteiger partial charge in [0.2, 0.25) is 0 Å². The van der Waals surface area contributed by atoms with Crippen molar-refractivity contribution in [1.82, 2.24) is 0 Å². The molecule has 0 saturated carbocycles. The molecule has 2 fully saturated rings. The molecule has 0 aliphatic carbocycles. The first kappa shape index (κ1) is 25.9. The maximum Gasteiger partial charge on any atom is 0.186 e. The fourth-order valence-corrected chi connectivity index (χ4v) is 3.64. The summed E-state index contributed by atoms with van der Waals surface area (Å²) >= 11 is 0. The van der Waals surface area contributed by atoms with Crippen LogP contribution >= 0.6 is 0 Å². The van der Waals surface area contributed by atoms with Crippen molar-refractivity contribution in [2.24, 2.45) is 0 Å². The number of ether oxygens (including phenoxy) is 4. The average Bonchev–Trinajstić information content (AvgIpc) is 2.73. The fraction of sp³-hybridized carbons (Fsp3) is 1.00. The van der Waals surface area contributed by atoms with Gasteiger partial charge in [-0.25, -0.2) is 0 Å². The summed E-state index contributed by atoms with van der Waals surface area (Å²) in [6.45, 7) is 1.82. The zero-order chi connectivity index (χ0) is 22.1. The SMILES string of the molecule is CCCCCCCCO[C@H]1O[C@H](CO[C@H]2O[C@H](CO)[C@@H](O)C[C@@H]2O)[C@@H](O)[C@H](O)[C@@H]1O. The summed E-state index contributed by atoms with van der Waals surface area (Å²) in [7, 11) is 0. The molecule has 0 aromatic rings. The van der Waals surface area contributed by atoms with Gasteiger partial charge >= 0.3 is 0 Å². The minimum absolute atomic E-state index is 0.0324. The highest BCUT2D eigenvalue weighted by molar-refractivity contribution is 4.89. The first-order valence-corrected chi connectivity index (χ1v) is 10.9. The Morgan fingerprint density at radius 3 is 2.10 bits per heavy atom. The van der Waals surface area contributed by atoms with E-state index in [4.69, 9.17) is 18.9 Å². The van der Waals surface area contributed by atoms with Crippen LogP contribution in [0, 0.1) is 0 Å². The third kappa shape index (κ3) is 7.33. The minimum Gasteiger partial charge on any atom is -0.394 e. The predicted octanol–water partition coefficient (Wildman–Crippen LogP) is -0.983. The maximum atomic E-state index is 10.2. The second-order valence-electron chi connectivity index (χ2n) is 8.08. The van der Waals surface area contributed by atoms with E-state index in [2.05, 4.69) is 6.92 Å². The molecule has 2 rings (SSSR count). The molecule has 2 aliphatic rings. The molecule has 0 aromatic heterocycles. The first-order chi connectivity index (χ1) is 14.4. The van der Waals surface area contributed by atoms with Crippen LogP contribution in [0.4, 0.5) is 0 Å². The highest BCUT2D eigenvalue weighted by Gasteiger charge is 2.45. The van der Waals surface area contributed by atoms with Gasteiger partial charge in [0.15, 0.2) is 12.6 Å². The van der Waals surface area contributed by atoms with Gasteiger partial charge in [-0.05, 0) is 6.42 Å². The quantitative estimate of drug-likeness (QED) is 0.209. The summed E-state index contributed by atoms with van der Waals surface area (Å²) in [5, 5.41) is 59.4. The zero-order valence-corrected chi connectivity index (χ0v) is 17.6. The molecule has 0 bridgehead atoms. The van der Waals surface area contributed by atoms with Crippen LogP contribution < -0.4 is 0 Å². The van der Waals surface area contributed by atoms with Crippen LogP contribution in [0.1, 0.15) is 51.9 Å². The van der Waals surface area contributed by atoms with Crippen molar-refractivity contribution in [3.63, 3.8) is 0 Å². The molecule has 6 N–H and O–H groups in total. The van der Waals surface area contributed by atoms with Gasteiger partial charge in [0.05, 0.1) is 19.3 Å². The zero-order valence-electron chi connectivity index (χ0n) is 17.6. The molecule has 0 aromatic carbocycles. The molecule has 0 spiro atoms. The molecule has 2 saturated heterocycles. The Hall–Kier alpha value is -0.400. The van der Waals surface area contributed by atoms with Crippen LogP contribution in [0.5, 0.6) is 0 Å². The van der Waals surface area contributed by atoms with Gasteiger partial charge in [0.25, 0.3) is 0 Å². The van der Waals surface area contributed by atoms with E-state index >= 15 is 0 Å². The number of aliphatic hydroxyl groups is 6. The Morgan fingerprint density at radius 2 is 1.40 bits per heavy atom. The third-order valence-corrected chi connectivity index (χ3v) is 5.59. The Labute approximate surface area is 177 Å². The van der Waals surface area contributed by atoms with Crippen molar-refractivity contribution in [2.75, 3.05) is 19.8 Å². The van der Waals surface area contributed by atoms with Crippen molar-refractivity contribution in [2.45, 2.75) is 107 Å². The van der Waals surface area contributed by atoms with Gasteiger partial charge in [0, 0.05) is 13.0 Å². The highest BCUT2D eigenvalue weighted by Crippen LogP contribution is 2.25. The maximum absolute atomic E-state index is 10.2. The summed E-state index contributed by atoms with van der Waals surface area (Å²) in [5.74, 6) is 0. The lowest BCUT2D eigenvalue weighted by molar-refractivity contribution is -0.321. The lowest BCUT2D eigenvalue weighted by atomic mass is 9.99. The summed E-state index contributed by atoms with van der Waals surface area (Å²) in [5.41, 5.74) is 0. The van der Waals surface area contributed by atoms with E-state index in [0.29, 0.717) is 6.61 Å². The average molecular weight is 439 g/mol. The van der Waals surface area contributed by atoms with Gasteiger partial charge in [0.1, 0.15) is 36.6 Å². The minimum atomic E-state index is -1.48. The van der Waals surface area contributed by atoms with E-state index in [1.54, 1.807) is 0 Å². The molecule has 2 heterocycles. The second kappa shape index (κ2) is 13.2. The number of rotatable bonds is 12. The van der Waals surface area contributed by atoms with Crippen LogP contribution in [0.15, 0.2) is 0 Å². The summed E-state index contributed by atoms with van der Waals surface area (Å²) in [6, 6.07) is 0. The molecule has 0 unspecified atom stereocenters. The van der Waals surface area contributed by atoms with Crippen molar-refractivity contribution >= 4 is 0 Å². The van der Waals surface area contributed by atoms with Crippen LogP contribution in [0.25, 0.3) is 0 Å². The van der Waals surface area contributed by atoms with Gasteiger partial charge in [-0.2, -0.15) is 0 Å². The van der Waals surface area contributed by atoms with Crippen LogP contribution in [-0.4, -0.2) is 106 Å². The van der Waals surface area contributed by atoms with Crippen molar-refractivity contribution in [1.29, 1.82) is 0 Å². The fourth-order valence-electron chi connectivity index (χ4n) is 3.64. The lowest BCUT2D eigenvalue weighted by Gasteiger charge is -2.41. The van der Waals surface area contributed by atoms with Crippen LogP contribution in [0.2, 0.25) is 0 Å². The smallest absolute Gasteiger partial charge is 0.186 e. The molecular formula is C20H38O10. The number of hydrogen-bond donors (Lipinski definition) is 6. The monoisotopic (exact) mass is 438 g/mol. The van der Waals surface area contributed by atoms with E-state index < -0.39 is 61.9 Å². The Balaban J connectivity index is 1.79. The Bertz CT molecular complexity index is 467. The van der Waals surface area contributed by atoms with Crippen LogP contribution in [0.3, 0.4) is 0 Å². The van der Waals surface area contributed by atoms with E-state index in [-0.39, 0.29) is 13.0 Å². The van der Waals surface area contributed by atoms with E-state index in [1.807, 2.05) is 0 Å². The van der Waals surface area contributed by atoms with Gasteiger partial charge in [-0.15, -0.1) is 0 Å². The molecule has 2 aliphatic heterocycles. The molecular weight excluding hydrogens is 400 g/mol. The van der Waals surface area contributed by atoms with Gasteiger partial charge in [-0.1, -0.05) is 39.0 Å². The topological polar surface area (TPSA) is 158 Å². The normalized spacial score (nSPS) is 39.9. The summed E-state index contributed by atoms with van der Waals surface area (Å²) in [6.07, 6.45) is -4.19. The molecule has 0 radical (unpaired) electrons. The number of aliphatic hydroxyl groups excluding tert-OH is 6. The largest absolute Gasteiger partial charge is 0.394 e. The number of unbranched alkanes of at least 4 members (excludes halogenated alkanes) is 5. The summed E-state index contributed by atoms with van der Waals surface area (Å²) < 4.78 is 21.9. The van der Waals surface area contributed by atoms with Crippen molar-refractivity contribution < 1.29 is 49.6 Å². The summed E-state index contributed by atoms with van der Waals surface area (Å²) in [4.78, 5) is 0. The van der Waals surface area contributed by atoms with Gasteiger partial charge < -0.3 is 49.6 Å². The molecule has 10 nitrogen and oxygen atoms in total. The van der Waals surface area contributed by atoms with E-state index in [9.17, 15) is 30.6 Å². The molecule has 0 amide bonds. The van der Waals surface area contributed by atoms with Gasteiger partial charge in [-0.3, -0.25) is 0 Å². The standard InChI is InChI=1S/C20H38O10/c1-2-3-4-5-6-7-8-27-20-18(26)17(25)16(24)15(30-20)11-28-19-13(23)9-12(22)14(10-21)29-19/h12-26H,2-11H2,1H3/t12-,13-,14+,15+,16+,17-,18-,19-,20-/m0/s1. The molecule has 30 heavy (non-hydrogen) atoms. The Kier molecular flexibility index (Phi) is 11.4. The van der Waals surface area contributed by atoms with E-state index in [0.717, 1.165) is 19.3 Å².